The Morgan fingerprint density at radius 3 is 2.89 bits per heavy atom. The van der Waals surface area contributed by atoms with Gasteiger partial charge in [-0.2, -0.15) is 5.10 Å². The van der Waals surface area contributed by atoms with E-state index in [1.54, 1.807) is 6.26 Å². The van der Waals surface area contributed by atoms with Gasteiger partial charge < -0.3 is 9.73 Å². The number of furan rings is 1. The van der Waals surface area contributed by atoms with Gasteiger partial charge in [-0.25, -0.2) is 0 Å². The van der Waals surface area contributed by atoms with Crippen LogP contribution in [0.5, 0.6) is 0 Å². The molecule has 1 N–H and O–H groups in total. The zero-order valence-corrected chi connectivity index (χ0v) is 12.5. The Kier molecular flexibility index (Phi) is 4.24. The van der Waals surface area contributed by atoms with Gasteiger partial charge in [0.05, 0.1) is 28.2 Å². The Bertz CT molecular complexity index is 505. The minimum atomic E-state index is 0.187. The molecule has 0 saturated heterocycles. The number of nitrogens with one attached hydrogen (secondary N) is 1. The predicted octanol–water partition coefficient (Wildman–Crippen LogP) is 3.19. The Labute approximate surface area is 115 Å². The Morgan fingerprint density at radius 2 is 2.33 bits per heavy atom. The van der Waals surface area contributed by atoms with Crippen molar-refractivity contribution in [1.82, 2.24) is 15.1 Å². The summed E-state index contributed by atoms with van der Waals surface area (Å²) in [5, 5.41) is 7.91. The monoisotopic (exact) mass is 311 g/mol. The molecular weight excluding hydrogens is 294 g/mol. The first-order chi connectivity index (χ1) is 8.63. The van der Waals surface area contributed by atoms with Gasteiger partial charge in [-0.1, -0.05) is 6.92 Å². The number of rotatable bonds is 5. The summed E-state index contributed by atoms with van der Waals surface area (Å²) < 4.78 is 8.40. The molecule has 0 aliphatic rings. The summed E-state index contributed by atoms with van der Waals surface area (Å²) in [6, 6.07) is 4.07. The van der Waals surface area contributed by atoms with E-state index in [0.717, 1.165) is 34.6 Å². The average Bonchev–Trinajstić information content (AvgIpc) is 2.96. The van der Waals surface area contributed by atoms with E-state index >= 15 is 0 Å². The van der Waals surface area contributed by atoms with Crippen molar-refractivity contribution in [1.29, 1.82) is 0 Å². The van der Waals surface area contributed by atoms with E-state index in [0.29, 0.717) is 0 Å². The molecule has 0 aliphatic heterocycles. The lowest BCUT2D eigenvalue weighted by atomic mass is 10.2. The molecular formula is C13H18BrN3O. The van der Waals surface area contributed by atoms with E-state index in [1.165, 1.54) is 0 Å². The lowest BCUT2D eigenvalue weighted by Gasteiger charge is -2.11. The third-order valence-corrected chi connectivity index (χ3v) is 3.96. The van der Waals surface area contributed by atoms with Crippen molar-refractivity contribution in [3.63, 3.8) is 0 Å². The van der Waals surface area contributed by atoms with Crippen molar-refractivity contribution in [2.45, 2.75) is 32.9 Å². The van der Waals surface area contributed by atoms with Crippen molar-refractivity contribution in [3.8, 4) is 0 Å². The third kappa shape index (κ3) is 2.67. The van der Waals surface area contributed by atoms with Crippen LogP contribution in [0.25, 0.3) is 0 Å². The molecule has 0 aromatic carbocycles. The van der Waals surface area contributed by atoms with Gasteiger partial charge in [-0.15, -0.1) is 0 Å². The maximum absolute atomic E-state index is 5.37. The molecule has 0 aliphatic carbocycles. The zero-order valence-electron chi connectivity index (χ0n) is 10.9. The second kappa shape index (κ2) is 5.71. The molecule has 0 radical (unpaired) electrons. The minimum absolute atomic E-state index is 0.187. The van der Waals surface area contributed by atoms with E-state index in [4.69, 9.17) is 4.42 Å². The predicted molar refractivity (Wildman–Crippen MR) is 74.2 cm³/mol. The Balaban J connectivity index is 2.04. The van der Waals surface area contributed by atoms with Gasteiger partial charge in [0.15, 0.2) is 0 Å². The molecule has 2 aromatic heterocycles. The average molecular weight is 312 g/mol. The van der Waals surface area contributed by atoms with Crippen molar-refractivity contribution >= 4 is 15.9 Å². The highest BCUT2D eigenvalue weighted by molar-refractivity contribution is 9.10. The Morgan fingerprint density at radius 1 is 1.56 bits per heavy atom. The SMILES string of the molecule is CCc1nn(C)c(CN[C@@H](C)c2ccco2)c1Br. The molecule has 18 heavy (non-hydrogen) atoms. The maximum Gasteiger partial charge on any atom is 0.120 e. The quantitative estimate of drug-likeness (QED) is 0.922. The second-order valence-electron chi connectivity index (χ2n) is 4.30. The molecule has 0 saturated carbocycles. The highest BCUT2D eigenvalue weighted by atomic mass is 79.9. The largest absolute Gasteiger partial charge is 0.468 e. The molecule has 0 fully saturated rings. The molecule has 0 amide bonds. The van der Waals surface area contributed by atoms with Gasteiger partial charge >= 0.3 is 0 Å². The van der Waals surface area contributed by atoms with E-state index in [2.05, 4.69) is 40.2 Å². The van der Waals surface area contributed by atoms with Crippen molar-refractivity contribution < 1.29 is 4.42 Å². The number of aryl methyl sites for hydroxylation is 2. The summed E-state index contributed by atoms with van der Waals surface area (Å²) in [5.74, 6) is 0.948. The zero-order chi connectivity index (χ0) is 13.1. The summed E-state index contributed by atoms with van der Waals surface area (Å²) in [4.78, 5) is 0. The maximum atomic E-state index is 5.37. The van der Waals surface area contributed by atoms with Crippen LogP contribution in [0.2, 0.25) is 0 Å². The van der Waals surface area contributed by atoms with Crippen LogP contribution in [0.15, 0.2) is 27.3 Å². The van der Waals surface area contributed by atoms with Crippen LogP contribution in [0, 0.1) is 0 Å². The molecule has 0 spiro atoms. The van der Waals surface area contributed by atoms with Gasteiger partial charge in [0.2, 0.25) is 0 Å². The normalized spacial score (nSPS) is 12.9. The van der Waals surface area contributed by atoms with E-state index in [9.17, 15) is 0 Å². The molecule has 0 unspecified atom stereocenters. The van der Waals surface area contributed by atoms with Gasteiger partial charge in [0, 0.05) is 13.6 Å². The molecule has 2 heterocycles. The summed E-state index contributed by atoms with van der Waals surface area (Å²) in [6.45, 7) is 4.95. The molecule has 2 aromatic rings. The number of nitrogens with zero attached hydrogens (tertiary/aromatic N) is 2. The third-order valence-electron chi connectivity index (χ3n) is 3.05. The van der Waals surface area contributed by atoms with Crippen molar-refractivity contribution in [3.05, 3.63) is 40.0 Å². The van der Waals surface area contributed by atoms with Crippen LogP contribution in [0.1, 0.15) is 37.0 Å². The van der Waals surface area contributed by atoms with Crippen molar-refractivity contribution in [2.24, 2.45) is 7.05 Å². The Hall–Kier alpha value is -1.07. The van der Waals surface area contributed by atoms with Gasteiger partial charge in [-0.3, -0.25) is 4.68 Å². The van der Waals surface area contributed by atoms with Crippen molar-refractivity contribution in [2.75, 3.05) is 0 Å². The first-order valence-corrected chi connectivity index (χ1v) is 6.89. The number of hydrogen-bond donors (Lipinski definition) is 1. The van der Waals surface area contributed by atoms with Crippen LogP contribution >= 0.6 is 15.9 Å². The lowest BCUT2D eigenvalue weighted by Crippen LogP contribution is -2.19. The van der Waals surface area contributed by atoms with E-state index < -0.39 is 0 Å². The van der Waals surface area contributed by atoms with E-state index in [1.807, 2.05) is 23.9 Å². The number of hydrogen-bond acceptors (Lipinski definition) is 3. The second-order valence-corrected chi connectivity index (χ2v) is 5.10. The van der Waals surface area contributed by atoms with Gasteiger partial charge in [0.25, 0.3) is 0 Å². The molecule has 4 nitrogen and oxygen atoms in total. The number of aromatic nitrogens is 2. The fourth-order valence-electron chi connectivity index (χ4n) is 1.90. The number of halogens is 1. The fraction of sp³-hybridized carbons (Fsp3) is 0.462. The standard InChI is InChI=1S/C13H18BrN3O/c1-4-10-13(14)11(17(3)16-10)8-15-9(2)12-6-5-7-18-12/h5-7,9,15H,4,8H2,1-3H3/t9-/m0/s1. The highest BCUT2D eigenvalue weighted by Crippen LogP contribution is 2.22. The fourth-order valence-corrected chi connectivity index (χ4v) is 2.66. The highest BCUT2D eigenvalue weighted by Gasteiger charge is 2.14. The van der Waals surface area contributed by atoms with Gasteiger partial charge in [0.1, 0.15) is 5.76 Å². The van der Waals surface area contributed by atoms with Crippen LogP contribution in [0.4, 0.5) is 0 Å². The molecule has 98 valence electrons. The summed E-state index contributed by atoms with van der Waals surface area (Å²) >= 11 is 3.61. The van der Waals surface area contributed by atoms with E-state index in [-0.39, 0.29) is 6.04 Å². The topological polar surface area (TPSA) is 43.0 Å². The van der Waals surface area contributed by atoms with Crippen LogP contribution < -0.4 is 5.32 Å². The summed E-state index contributed by atoms with van der Waals surface area (Å²) in [5.41, 5.74) is 2.25. The summed E-state index contributed by atoms with van der Waals surface area (Å²) in [7, 11) is 1.97. The molecule has 1 atom stereocenters. The molecule has 5 heteroatoms. The molecule has 2 rings (SSSR count). The first-order valence-electron chi connectivity index (χ1n) is 6.10. The lowest BCUT2D eigenvalue weighted by molar-refractivity contribution is 0.425. The minimum Gasteiger partial charge on any atom is -0.468 e. The van der Waals surface area contributed by atoms with Gasteiger partial charge in [-0.05, 0) is 41.4 Å². The first kappa shape index (κ1) is 13.4. The summed E-state index contributed by atoms with van der Waals surface area (Å²) in [6.07, 6.45) is 2.63. The van der Waals surface area contributed by atoms with Crippen LogP contribution in [-0.4, -0.2) is 9.78 Å². The smallest absolute Gasteiger partial charge is 0.120 e. The molecule has 0 bridgehead atoms. The van der Waals surface area contributed by atoms with Crippen LogP contribution in [0.3, 0.4) is 0 Å². The van der Waals surface area contributed by atoms with Crippen LogP contribution in [-0.2, 0) is 20.0 Å².